The Balaban J connectivity index is 1.77. The molecule has 0 bridgehead atoms. The number of aliphatic imine (C=N–C) groups is 1. The van der Waals surface area contributed by atoms with Gasteiger partial charge in [0, 0.05) is 45.8 Å². The van der Waals surface area contributed by atoms with Gasteiger partial charge in [-0.2, -0.15) is 0 Å². The van der Waals surface area contributed by atoms with E-state index in [0.717, 1.165) is 58.7 Å². The van der Waals surface area contributed by atoms with Gasteiger partial charge in [-0.05, 0) is 25.7 Å². The molecule has 2 rings (SSSR count). The van der Waals surface area contributed by atoms with Gasteiger partial charge in [0.1, 0.15) is 6.54 Å². The highest BCUT2D eigenvalue weighted by Gasteiger charge is 2.21. The van der Waals surface area contributed by atoms with E-state index in [-0.39, 0.29) is 18.6 Å². The number of nitrogens with one attached hydrogen (secondary N) is 2. The summed E-state index contributed by atoms with van der Waals surface area (Å²) >= 11 is 0. The van der Waals surface area contributed by atoms with Crippen molar-refractivity contribution in [3.8, 4) is 0 Å². The predicted octanol–water partition coefficient (Wildman–Crippen LogP) is 0.521. The molecule has 0 saturated carbocycles. The van der Waals surface area contributed by atoms with Gasteiger partial charge in [0.2, 0.25) is 5.91 Å². The third kappa shape index (κ3) is 7.20. The minimum absolute atomic E-state index is 0.117. The topological polar surface area (TPSA) is 69.2 Å². The zero-order chi connectivity index (χ0) is 18.1. The van der Waals surface area contributed by atoms with Crippen LogP contribution in [0.3, 0.4) is 0 Å². The maximum Gasteiger partial charge on any atom is 0.244 e. The molecule has 2 N–H and O–H groups in total. The molecular formula is C18H35N5O2. The molecule has 1 unspecified atom stereocenters. The molecule has 2 saturated heterocycles. The standard InChI is InChI=1S/C18H35N5O2/c1-4-19-18(21-12-17(24)23-7-5-6-8-23)20-11-16-14-22(9-10-25-16)13-15(2)3/h15-16H,4-14H2,1-3H3,(H2,19,20,21). The number of nitrogens with zero attached hydrogens (tertiary/aromatic N) is 3. The molecule has 2 aliphatic rings. The average Bonchev–Trinajstić information content (AvgIpc) is 3.11. The van der Waals surface area contributed by atoms with E-state index in [1.807, 2.05) is 11.8 Å². The molecule has 0 aliphatic carbocycles. The van der Waals surface area contributed by atoms with Gasteiger partial charge in [-0.3, -0.25) is 9.69 Å². The number of hydrogen-bond acceptors (Lipinski definition) is 4. The monoisotopic (exact) mass is 353 g/mol. The fraction of sp³-hybridized carbons (Fsp3) is 0.889. The van der Waals surface area contributed by atoms with Gasteiger partial charge < -0.3 is 20.3 Å². The van der Waals surface area contributed by atoms with Crippen LogP contribution in [0.4, 0.5) is 0 Å². The van der Waals surface area contributed by atoms with Crippen molar-refractivity contribution in [1.82, 2.24) is 20.4 Å². The summed E-state index contributed by atoms with van der Waals surface area (Å²) in [5, 5.41) is 6.54. The Kier molecular flexibility index (Phi) is 8.48. The third-order valence-corrected chi connectivity index (χ3v) is 4.52. The Morgan fingerprint density at radius 3 is 2.68 bits per heavy atom. The Labute approximate surface area is 152 Å². The van der Waals surface area contributed by atoms with E-state index in [1.54, 1.807) is 0 Å². The van der Waals surface area contributed by atoms with E-state index in [4.69, 9.17) is 4.74 Å². The van der Waals surface area contributed by atoms with Gasteiger partial charge in [-0.25, -0.2) is 4.99 Å². The first-order valence-corrected chi connectivity index (χ1v) is 9.72. The number of amides is 1. The maximum absolute atomic E-state index is 12.1. The SMILES string of the molecule is CCNC(=NCC(=O)N1CCCC1)NCC1CN(CC(C)C)CCO1. The highest BCUT2D eigenvalue weighted by molar-refractivity contribution is 5.85. The molecule has 0 radical (unpaired) electrons. The second-order valence-electron chi connectivity index (χ2n) is 7.31. The van der Waals surface area contributed by atoms with Gasteiger partial charge in [-0.15, -0.1) is 0 Å². The lowest BCUT2D eigenvalue weighted by Crippen LogP contribution is -2.50. The van der Waals surface area contributed by atoms with Crippen molar-refractivity contribution in [3.05, 3.63) is 0 Å². The van der Waals surface area contributed by atoms with Crippen LogP contribution in [-0.4, -0.2) is 86.7 Å². The quantitative estimate of drug-likeness (QED) is 0.516. The minimum atomic E-state index is 0.117. The highest BCUT2D eigenvalue weighted by atomic mass is 16.5. The second-order valence-corrected chi connectivity index (χ2v) is 7.31. The Morgan fingerprint density at radius 1 is 1.24 bits per heavy atom. The average molecular weight is 354 g/mol. The number of likely N-dealkylation sites (tertiary alicyclic amines) is 1. The molecule has 7 heteroatoms. The summed E-state index contributed by atoms with van der Waals surface area (Å²) in [5.74, 6) is 1.48. The van der Waals surface area contributed by atoms with E-state index < -0.39 is 0 Å². The van der Waals surface area contributed by atoms with Crippen LogP contribution in [0.2, 0.25) is 0 Å². The summed E-state index contributed by atoms with van der Waals surface area (Å²) < 4.78 is 5.86. The molecule has 2 aliphatic heterocycles. The van der Waals surface area contributed by atoms with Crippen molar-refractivity contribution in [3.63, 3.8) is 0 Å². The minimum Gasteiger partial charge on any atom is -0.374 e. The van der Waals surface area contributed by atoms with E-state index >= 15 is 0 Å². The van der Waals surface area contributed by atoms with Gasteiger partial charge in [0.15, 0.2) is 5.96 Å². The highest BCUT2D eigenvalue weighted by Crippen LogP contribution is 2.08. The summed E-state index contributed by atoms with van der Waals surface area (Å²) in [6.45, 7) is 13.8. The van der Waals surface area contributed by atoms with Crippen molar-refractivity contribution in [2.75, 3.05) is 59.0 Å². The summed E-state index contributed by atoms with van der Waals surface area (Å²) in [7, 11) is 0. The van der Waals surface area contributed by atoms with Crippen molar-refractivity contribution >= 4 is 11.9 Å². The van der Waals surface area contributed by atoms with Crippen LogP contribution in [0.25, 0.3) is 0 Å². The summed E-state index contributed by atoms with van der Waals surface area (Å²) in [6, 6.07) is 0. The van der Waals surface area contributed by atoms with E-state index in [0.29, 0.717) is 18.4 Å². The van der Waals surface area contributed by atoms with Crippen molar-refractivity contribution in [2.45, 2.75) is 39.7 Å². The van der Waals surface area contributed by atoms with E-state index in [1.165, 1.54) is 0 Å². The van der Waals surface area contributed by atoms with Crippen LogP contribution in [0, 0.1) is 5.92 Å². The number of hydrogen-bond donors (Lipinski definition) is 2. The lowest BCUT2D eigenvalue weighted by atomic mass is 10.2. The maximum atomic E-state index is 12.1. The third-order valence-electron chi connectivity index (χ3n) is 4.52. The Morgan fingerprint density at radius 2 is 2.00 bits per heavy atom. The first-order chi connectivity index (χ1) is 12.1. The fourth-order valence-corrected chi connectivity index (χ4v) is 3.35. The lowest BCUT2D eigenvalue weighted by molar-refractivity contribution is -0.128. The molecule has 1 amide bonds. The van der Waals surface area contributed by atoms with E-state index in [2.05, 4.69) is 34.4 Å². The van der Waals surface area contributed by atoms with Gasteiger partial charge in [-0.1, -0.05) is 13.8 Å². The first kappa shape index (κ1) is 20.0. The zero-order valence-electron chi connectivity index (χ0n) is 16.1. The van der Waals surface area contributed by atoms with Crippen molar-refractivity contribution in [1.29, 1.82) is 0 Å². The van der Waals surface area contributed by atoms with Crippen LogP contribution in [0.1, 0.15) is 33.6 Å². The summed E-state index contributed by atoms with van der Waals surface area (Å²) in [6.07, 6.45) is 2.38. The summed E-state index contributed by atoms with van der Waals surface area (Å²) in [4.78, 5) is 20.9. The molecule has 0 aromatic heterocycles. The number of rotatable bonds is 7. The zero-order valence-corrected chi connectivity index (χ0v) is 16.1. The van der Waals surface area contributed by atoms with E-state index in [9.17, 15) is 4.79 Å². The van der Waals surface area contributed by atoms with Crippen LogP contribution < -0.4 is 10.6 Å². The van der Waals surface area contributed by atoms with Crippen molar-refractivity contribution < 1.29 is 9.53 Å². The van der Waals surface area contributed by atoms with Gasteiger partial charge >= 0.3 is 0 Å². The molecule has 0 spiro atoms. The van der Waals surface area contributed by atoms with Crippen LogP contribution in [-0.2, 0) is 9.53 Å². The number of ether oxygens (including phenoxy) is 1. The Hall–Kier alpha value is -1.34. The molecule has 7 nitrogen and oxygen atoms in total. The van der Waals surface area contributed by atoms with Gasteiger partial charge in [0.25, 0.3) is 0 Å². The molecule has 25 heavy (non-hydrogen) atoms. The van der Waals surface area contributed by atoms with Crippen LogP contribution in [0.5, 0.6) is 0 Å². The van der Waals surface area contributed by atoms with Gasteiger partial charge in [0.05, 0.1) is 12.7 Å². The number of morpholine rings is 1. The molecule has 1 atom stereocenters. The normalized spacial score (nSPS) is 22.5. The van der Waals surface area contributed by atoms with Crippen LogP contribution >= 0.6 is 0 Å². The second kappa shape index (κ2) is 10.6. The summed E-state index contributed by atoms with van der Waals surface area (Å²) in [5.41, 5.74) is 0. The molecular weight excluding hydrogens is 318 g/mol. The Bertz CT molecular complexity index is 435. The molecule has 0 aromatic carbocycles. The fourth-order valence-electron chi connectivity index (χ4n) is 3.35. The smallest absolute Gasteiger partial charge is 0.244 e. The number of carbonyl (C=O) groups excluding carboxylic acids is 1. The molecule has 2 heterocycles. The predicted molar refractivity (Wildman–Crippen MR) is 101 cm³/mol. The first-order valence-electron chi connectivity index (χ1n) is 9.72. The lowest BCUT2D eigenvalue weighted by Gasteiger charge is -2.34. The largest absolute Gasteiger partial charge is 0.374 e. The van der Waals surface area contributed by atoms with Crippen LogP contribution in [0.15, 0.2) is 4.99 Å². The molecule has 0 aromatic rings. The molecule has 144 valence electrons. The number of carbonyl (C=O) groups is 1. The molecule has 2 fully saturated rings. The number of guanidine groups is 1. The van der Waals surface area contributed by atoms with Crippen molar-refractivity contribution in [2.24, 2.45) is 10.9 Å².